The molecule has 1 aromatic carbocycles. The topological polar surface area (TPSA) is 86.2 Å². The Balaban J connectivity index is 1.66. The molecule has 0 unspecified atom stereocenters. The molecular formula is C24H28N4O4. The average Bonchev–Trinajstić information content (AvgIpc) is 3.06. The van der Waals surface area contributed by atoms with Crippen molar-refractivity contribution in [2.24, 2.45) is 0 Å². The molecule has 1 N–H and O–H groups in total. The Hall–Kier alpha value is -3.23. The van der Waals surface area contributed by atoms with Gasteiger partial charge in [0, 0.05) is 38.9 Å². The molecule has 2 aliphatic heterocycles. The molecule has 1 aromatic heterocycles. The molecule has 3 heterocycles. The predicted octanol–water partition coefficient (Wildman–Crippen LogP) is 1.37. The summed E-state index contributed by atoms with van der Waals surface area (Å²) in [6.45, 7) is 6.00. The van der Waals surface area contributed by atoms with Crippen LogP contribution in [0.4, 0.5) is 0 Å². The number of benzene rings is 1. The second-order valence-electron chi connectivity index (χ2n) is 7.75. The molecule has 168 valence electrons. The van der Waals surface area contributed by atoms with Gasteiger partial charge in [0.05, 0.1) is 31.0 Å². The van der Waals surface area contributed by atoms with Gasteiger partial charge in [0.25, 0.3) is 11.8 Å². The van der Waals surface area contributed by atoms with Crippen LogP contribution in [0.5, 0.6) is 5.75 Å². The van der Waals surface area contributed by atoms with Crippen LogP contribution in [0.2, 0.25) is 0 Å². The van der Waals surface area contributed by atoms with E-state index in [9.17, 15) is 14.7 Å². The van der Waals surface area contributed by atoms with Crippen molar-refractivity contribution in [2.45, 2.75) is 13.5 Å². The third kappa shape index (κ3) is 4.51. The van der Waals surface area contributed by atoms with Crippen molar-refractivity contribution < 1.29 is 19.4 Å². The van der Waals surface area contributed by atoms with Gasteiger partial charge in [0.15, 0.2) is 0 Å². The Morgan fingerprint density at radius 3 is 2.38 bits per heavy atom. The zero-order valence-electron chi connectivity index (χ0n) is 18.2. The zero-order valence-corrected chi connectivity index (χ0v) is 18.2. The molecule has 0 bridgehead atoms. The number of piperazine rings is 1. The third-order valence-electron chi connectivity index (χ3n) is 5.75. The average molecular weight is 437 g/mol. The molecule has 2 amide bonds. The third-order valence-corrected chi connectivity index (χ3v) is 5.75. The molecule has 1 fully saturated rings. The van der Waals surface area contributed by atoms with E-state index in [1.54, 1.807) is 12.3 Å². The molecule has 0 radical (unpaired) electrons. The summed E-state index contributed by atoms with van der Waals surface area (Å²) in [4.78, 5) is 36.7. The molecule has 8 heteroatoms. The van der Waals surface area contributed by atoms with Crippen molar-refractivity contribution in [2.75, 3.05) is 45.9 Å². The van der Waals surface area contributed by atoms with Crippen LogP contribution < -0.4 is 4.74 Å². The highest BCUT2D eigenvalue weighted by atomic mass is 16.5. The summed E-state index contributed by atoms with van der Waals surface area (Å²) in [5.41, 5.74) is 2.22. The molecule has 1 saturated heterocycles. The minimum absolute atomic E-state index is 0.107. The lowest BCUT2D eigenvalue weighted by Gasteiger charge is -2.36. The number of hydrogen-bond acceptors (Lipinski definition) is 7. The number of carbonyl (C=O) groups is 2. The van der Waals surface area contributed by atoms with Gasteiger partial charge in [-0.3, -0.25) is 24.4 Å². The first-order chi connectivity index (χ1) is 15.6. The van der Waals surface area contributed by atoms with E-state index < -0.39 is 0 Å². The molecular weight excluding hydrogens is 408 g/mol. The van der Waals surface area contributed by atoms with E-state index in [2.05, 4.69) is 9.88 Å². The van der Waals surface area contributed by atoms with Crippen LogP contribution in [0.1, 0.15) is 18.2 Å². The highest BCUT2D eigenvalue weighted by Gasteiger charge is 2.42. The maximum Gasteiger partial charge on any atom is 0.278 e. The summed E-state index contributed by atoms with van der Waals surface area (Å²) < 4.78 is 5.53. The van der Waals surface area contributed by atoms with Gasteiger partial charge in [-0.05, 0) is 36.8 Å². The van der Waals surface area contributed by atoms with E-state index >= 15 is 0 Å². The number of aliphatic hydroxyl groups is 1. The van der Waals surface area contributed by atoms with Crippen LogP contribution >= 0.6 is 0 Å². The molecule has 0 atom stereocenters. The van der Waals surface area contributed by atoms with Crippen LogP contribution in [0, 0.1) is 0 Å². The largest absolute Gasteiger partial charge is 0.494 e. The molecule has 8 nitrogen and oxygen atoms in total. The number of amides is 2. The minimum atomic E-state index is -0.308. The molecule has 4 rings (SSSR count). The lowest BCUT2D eigenvalue weighted by atomic mass is 10.0. The second-order valence-corrected chi connectivity index (χ2v) is 7.75. The predicted molar refractivity (Wildman–Crippen MR) is 119 cm³/mol. The van der Waals surface area contributed by atoms with E-state index in [0.29, 0.717) is 48.8 Å². The number of hydrogen-bond donors (Lipinski definition) is 1. The first kappa shape index (κ1) is 22.0. The number of aliphatic hydroxyl groups excluding tert-OH is 1. The van der Waals surface area contributed by atoms with E-state index in [4.69, 9.17) is 4.74 Å². The van der Waals surface area contributed by atoms with Crippen molar-refractivity contribution in [3.63, 3.8) is 0 Å². The number of carbonyl (C=O) groups excluding carboxylic acids is 2. The van der Waals surface area contributed by atoms with Gasteiger partial charge in [-0.15, -0.1) is 0 Å². The van der Waals surface area contributed by atoms with Gasteiger partial charge in [-0.1, -0.05) is 18.2 Å². The van der Waals surface area contributed by atoms with Gasteiger partial charge in [-0.2, -0.15) is 0 Å². The quantitative estimate of drug-likeness (QED) is 0.626. The Bertz CT molecular complexity index is 983. The molecule has 0 spiro atoms. The summed E-state index contributed by atoms with van der Waals surface area (Å²) in [6.07, 6.45) is 1.66. The van der Waals surface area contributed by atoms with Crippen molar-refractivity contribution in [1.82, 2.24) is 19.7 Å². The molecule has 2 aromatic rings. The first-order valence-corrected chi connectivity index (χ1v) is 10.9. The fourth-order valence-electron chi connectivity index (χ4n) is 4.14. The van der Waals surface area contributed by atoms with Crippen LogP contribution in [-0.4, -0.2) is 82.5 Å². The van der Waals surface area contributed by atoms with Crippen molar-refractivity contribution in [3.8, 4) is 5.75 Å². The number of ether oxygens (including phenoxy) is 1. The number of nitrogens with zero attached hydrogens (tertiary/aromatic N) is 4. The monoisotopic (exact) mass is 436 g/mol. The summed E-state index contributed by atoms with van der Waals surface area (Å²) in [5.74, 6) is 0.121. The summed E-state index contributed by atoms with van der Waals surface area (Å²) in [6, 6.07) is 12.8. The van der Waals surface area contributed by atoms with Gasteiger partial charge in [-0.25, -0.2) is 0 Å². The fraction of sp³-hybridized carbons (Fsp3) is 0.375. The van der Waals surface area contributed by atoms with Crippen molar-refractivity contribution in [1.29, 1.82) is 0 Å². The standard InChI is InChI=1S/C24H28N4O4/c1-2-32-20-8-6-18(7-9-20)21-22(27-13-11-26(12-14-27)15-16-29)24(31)28(23(21)30)17-19-5-3-4-10-25-19/h3-10,29H,2,11-17H2,1H3. The van der Waals surface area contributed by atoms with Gasteiger partial charge in [0.2, 0.25) is 0 Å². The number of rotatable bonds is 8. The molecule has 0 aliphatic carbocycles. The van der Waals surface area contributed by atoms with Crippen LogP contribution in [0.3, 0.4) is 0 Å². The van der Waals surface area contributed by atoms with Crippen LogP contribution in [0.15, 0.2) is 54.4 Å². The number of imide groups is 1. The number of pyridine rings is 1. The van der Waals surface area contributed by atoms with E-state index in [-0.39, 0.29) is 25.0 Å². The summed E-state index contributed by atoms with van der Waals surface area (Å²) in [7, 11) is 0. The number of β-amino-alcohol motifs (C(OH)–C–C–N with tert-alkyl or cyclic N) is 1. The van der Waals surface area contributed by atoms with Crippen molar-refractivity contribution in [3.05, 3.63) is 65.6 Å². The van der Waals surface area contributed by atoms with Gasteiger partial charge >= 0.3 is 0 Å². The lowest BCUT2D eigenvalue weighted by molar-refractivity contribution is -0.138. The Labute approximate surface area is 187 Å². The highest BCUT2D eigenvalue weighted by Crippen LogP contribution is 2.33. The SMILES string of the molecule is CCOc1ccc(C2=C(N3CCN(CCO)CC3)C(=O)N(Cc3ccccn3)C2=O)cc1. The maximum absolute atomic E-state index is 13.5. The Morgan fingerprint density at radius 2 is 1.75 bits per heavy atom. The van der Waals surface area contributed by atoms with Crippen LogP contribution in [0.25, 0.3) is 5.57 Å². The number of aromatic nitrogens is 1. The van der Waals surface area contributed by atoms with E-state index in [1.807, 2.05) is 48.2 Å². The molecule has 32 heavy (non-hydrogen) atoms. The lowest BCUT2D eigenvalue weighted by Crippen LogP contribution is -2.48. The zero-order chi connectivity index (χ0) is 22.5. The molecule has 0 saturated carbocycles. The van der Waals surface area contributed by atoms with Gasteiger partial charge < -0.3 is 14.7 Å². The van der Waals surface area contributed by atoms with E-state index in [1.165, 1.54) is 4.90 Å². The normalized spacial score (nSPS) is 17.4. The summed E-state index contributed by atoms with van der Waals surface area (Å²) in [5, 5.41) is 9.21. The van der Waals surface area contributed by atoms with Crippen molar-refractivity contribution >= 4 is 17.4 Å². The smallest absolute Gasteiger partial charge is 0.278 e. The van der Waals surface area contributed by atoms with Gasteiger partial charge in [0.1, 0.15) is 11.4 Å². The Kier molecular flexibility index (Phi) is 6.82. The van der Waals surface area contributed by atoms with Crippen LogP contribution in [-0.2, 0) is 16.1 Å². The van der Waals surface area contributed by atoms with E-state index in [0.717, 1.165) is 18.8 Å². The second kappa shape index (κ2) is 9.93. The highest BCUT2D eigenvalue weighted by molar-refractivity contribution is 6.35. The maximum atomic E-state index is 13.5. The summed E-state index contributed by atoms with van der Waals surface area (Å²) >= 11 is 0. The first-order valence-electron chi connectivity index (χ1n) is 10.9. The molecule has 2 aliphatic rings. The Morgan fingerprint density at radius 1 is 1.00 bits per heavy atom. The minimum Gasteiger partial charge on any atom is -0.494 e. The fourth-order valence-corrected chi connectivity index (χ4v) is 4.14.